The van der Waals surface area contributed by atoms with Crippen molar-refractivity contribution in [2.75, 3.05) is 23.3 Å². The van der Waals surface area contributed by atoms with E-state index in [1.54, 1.807) is 0 Å². The fraction of sp³-hybridized carbons (Fsp3) is 0.591. The number of primary amides is 1. The van der Waals surface area contributed by atoms with Gasteiger partial charge in [-0.3, -0.25) is 4.79 Å². The Labute approximate surface area is 178 Å². The minimum atomic E-state index is -0.413. The normalized spacial score (nSPS) is 16.5. The quantitative estimate of drug-likeness (QED) is 0.721. The number of carbonyl (C=O) groups excluding carboxylic acids is 1. The monoisotopic (exact) mass is 411 g/mol. The molecule has 8 nitrogen and oxygen atoms in total. The Morgan fingerprint density at radius 1 is 1.27 bits per heavy atom. The van der Waals surface area contributed by atoms with Crippen LogP contribution in [0.1, 0.15) is 69.7 Å². The predicted molar refractivity (Wildman–Crippen MR) is 119 cm³/mol. The van der Waals surface area contributed by atoms with Gasteiger partial charge in [0.15, 0.2) is 0 Å². The average Bonchev–Trinajstić information content (AvgIpc) is 2.62. The Morgan fingerprint density at radius 2 is 2.00 bits per heavy atom. The third kappa shape index (κ3) is 4.86. The molecule has 1 saturated heterocycles. The molecule has 30 heavy (non-hydrogen) atoms. The highest BCUT2D eigenvalue weighted by Crippen LogP contribution is 2.35. The molecule has 0 radical (unpaired) electrons. The van der Waals surface area contributed by atoms with Gasteiger partial charge in [0.05, 0.1) is 6.54 Å². The van der Waals surface area contributed by atoms with E-state index in [9.17, 15) is 4.79 Å². The SMILES string of the molecule is Cc1ncc(C(C)(C)C)c(N2CCC2Cc2ncc(C(C)C)c(NCC(N)=O)n2)n1. The maximum Gasteiger partial charge on any atom is 0.236 e. The molecule has 162 valence electrons. The maximum absolute atomic E-state index is 11.2. The number of nitrogens with zero attached hydrogens (tertiary/aromatic N) is 5. The van der Waals surface area contributed by atoms with Crippen LogP contribution in [0.2, 0.25) is 0 Å². The number of anilines is 2. The lowest BCUT2D eigenvalue weighted by atomic mass is 9.86. The molecule has 8 heteroatoms. The first-order valence-corrected chi connectivity index (χ1v) is 10.5. The molecule has 2 aromatic rings. The molecule has 2 aromatic heterocycles. The number of amides is 1. The van der Waals surface area contributed by atoms with Gasteiger partial charge in [-0.1, -0.05) is 34.6 Å². The van der Waals surface area contributed by atoms with Crippen molar-refractivity contribution >= 4 is 17.5 Å². The van der Waals surface area contributed by atoms with Crippen LogP contribution in [0.25, 0.3) is 0 Å². The highest BCUT2D eigenvalue weighted by Gasteiger charge is 2.34. The Balaban J connectivity index is 1.83. The van der Waals surface area contributed by atoms with E-state index in [-0.39, 0.29) is 23.9 Å². The van der Waals surface area contributed by atoms with Crippen molar-refractivity contribution in [3.05, 3.63) is 35.2 Å². The molecular weight excluding hydrogens is 378 g/mol. The lowest BCUT2D eigenvalue weighted by molar-refractivity contribution is -0.116. The van der Waals surface area contributed by atoms with Gasteiger partial charge >= 0.3 is 0 Å². The van der Waals surface area contributed by atoms with Gasteiger partial charge in [0.25, 0.3) is 0 Å². The van der Waals surface area contributed by atoms with Gasteiger partial charge in [-0.15, -0.1) is 0 Å². The van der Waals surface area contributed by atoms with E-state index >= 15 is 0 Å². The van der Waals surface area contributed by atoms with Crippen molar-refractivity contribution < 1.29 is 4.79 Å². The Bertz CT molecular complexity index is 920. The van der Waals surface area contributed by atoms with Crippen molar-refractivity contribution in [2.45, 2.75) is 71.8 Å². The Morgan fingerprint density at radius 3 is 2.57 bits per heavy atom. The average molecular weight is 412 g/mol. The molecule has 3 rings (SSSR count). The van der Waals surface area contributed by atoms with E-state index in [4.69, 9.17) is 15.7 Å². The van der Waals surface area contributed by atoms with Gasteiger partial charge in [0, 0.05) is 42.5 Å². The van der Waals surface area contributed by atoms with Gasteiger partial charge in [0.2, 0.25) is 5.91 Å². The van der Waals surface area contributed by atoms with Crippen LogP contribution in [0, 0.1) is 6.92 Å². The zero-order valence-corrected chi connectivity index (χ0v) is 18.9. The van der Waals surface area contributed by atoms with Crippen LogP contribution in [-0.2, 0) is 16.6 Å². The van der Waals surface area contributed by atoms with Crippen LogP contribution in [0.4, 0.5) is 11.6 Å². The number of aryl methyl sites for hydroxylation is 1. The molecule has 0 bridgehead atoms. The van der Waals surface area contributed by atoms with E-state index in [0.29, 0.717) is 5.82 Å². The van der Waals surface area contributed by atoms with E-state index < -0.39 is 5.91 Å². The minimum Gasteiger partial charge on any atom is -0.368 e. The summed E-state index contributed by atoms with van der Waals surface area (Å²) in [4.78, 5) is 32.1. The van der Waals surface area contributed by atoms with Crippen molar-refractivity contribution in [3.8, 4) is 0 Å². The Hall–Kier alpha value is -2.77. The predicted octanol–water partition coefficient (Wildman–Crippen LogP) is 2.71. The van der Waals surface area contributed by atoms with Gasteiger partial charge in [-0.2, -0.15) is 0 Å². The van der Waals surface area contributed by atoms with E-state index in [0.717, 1.165) is 48.0 Å². The Kier molecular flexibility index (Phi) is 6.24. The summed E-state index contributed by atoms with van der Waals surface area (Å²) in [5, 5.41) is 3.06. The van der Waals surface area contributed by atoms with Crippen molar-refractivity contribution in [3.63, 3.8) is 0 Å². The van der Waals surface area contributed by atoms with Gasteiger partial charge in [0.1, 0.15) is 23.3 Å². The summed E-state index contributed by atoms with van der Waals surface area (Å²) >= 11 is 0. The van der Waals surface area contributed by atoms with Crippen LogP contribution in [0.3, 0.4) is 0 Å². The molecule has 3 heterocycles. The number of rotatable bonds is 7. The topological polar surface area (TPSA) is 110 Å². The minimum absolute atomic E-state index is 0.0373. The van der Waals surface area contributed by atoms with E-state index in [1.807, 2.05) is 19.3 Å². The second kappa shape index (κ2) is 8.53. The number of nitrogens with two attached hydrogens (primary N) is 1. The second-order valence-corrected chi connectivity index (χ2v) is 9.31. The molecule has 1 fully saturated rings. The number of carbonyl (C=O) groups is 1. The number of hydrogen-bond acceptors (Lipinski definition) is 7. The van der Waals surface area contributed by atoms with E-state index in [1.165, 1.54) is 0 Å². The number of aromatic nitrogens is 4. The summed E-state index contributed by atoms with van der Waals surface area (Å²) in [5.41, 5.74) is 7.39. The fourth-order valence-corrected chi connectivity index (χ4v) is 3.61. The van der Waals surface area contributed by atoms with Crippen LogP contribution in [0.15, 0.2) is 12.4 Å². The summed E-state index contributed by atoms with van der Waals surface area (Å²) in [6.07, 6.45) is 5.59. The van der Waals surface area contributed by atoms with Crippen molar-refractivity contribution in [2.24, 2.45) is 5.73 Å². The fourth-order valence-electron chi connectivity index (χ4n) is 3.61. The number of hydrogen-bond donors (Lipinski definition) is 2. The second-order valence-electron chi connectivity index (χ2n) is 9.31. The van der Waals surface area contributed by atoms with E-state index in [2.05, 4.69) is 54.8 Å². The molecule has 1 atom stereocenters. The molecule has 0 aromatic carbocycles. The molecule has 1 amide bonds. The molecule has 0 saturated carbocycles. The highest BCUT2D eigenvalue weighted by atomic mass is 16.1. The lowest BCUT2D eigenvalue weighted by Crippen LogP contribution is -2.50. The van der Waals surface area contributed by atoms with Crippen LogP contribution < -0.4 is 16.0 Å². The summed E-state index contributed by atoms with van der Waals surface area (Å²) in [6, 6.07) is 0.286. The number of nitrogens with one attached hydrogen (secondary N) is 1. The summed E-state index contributed by atoms with van der Waals surface area (Å²) in [5.74, 6) is 3.06. The smallest absolute Gasteiger partial charge is 0.236 e. The van der Waals surface area contributed by atoms with Gasteiger partial charge in [-0.05, 0) is 24.7 Å². The zero-order chi connectivity index (χ0) is 22.1. The summed E-state index contributed by atoms with van der Waals surface area (Å²) in [7, 11) is 0. The first kappa shape index (κ1) is 21.9. The first-order valence-electron chi connectivity index (χ1n) is 10.5. The summed E-state index contributed by atoms with van der Waals surface area (Å²) in [6.45, 7) is 13.6. The molecule has 1 aliphatic heterocycles. The summed E-state index contributed by atoms with van der Waals surface area (Å²) < 4.78 is 0. The molecular formula is C22H33N7O. The van der Waals surface area contributed by atoms with Gasteiger partial charge in [-0.25, -0.2) is 19.9 Å². The van der Waals surface area contributed by atoms with Crippen LogP contribution in [-0.4, -0.2) is 45.0 Å². The maximum atomic E-state index is 11.2. The highest BCUT2D eigenvalue weighted by molar-refractivity contribution is 5.78. The lowest BCUT2D eigenvalue weighted by Gasteiger charge is -2.43. The molecule has 0 aliphatic carbocycles. The third-order valence-electron chi connectivity index (χ3n) is 5.45. The molecule has 3 N–H and O–H groups in total. The molecule has 1 aliphatic rings. The zero-order valence-electron chi connectivity index (χ0n) is 18.9. The van der Waals surface area contributed by atoms with Crippen LogP contribution in [0.5, 0.6) is 0 Å². The molecule has 1 unspecified atom stereocenters. The van der Waals surface area contributed by atoms with Crippen molar-refractivity contribution in [1.29, 1.82) is 0 Å². The first-order chi connectivity index (χ1) is 14.1. The third-order valence-corrected chi connectivity index (χ3v) is 5.45. The van der Waals surface area contributed by atoms with Gasteiger partial charge < -0.3 is 16.0 Å². The van der Waals surface area contributed by atoms with Crippen LogP contribution >= 0.6 is 0 Å². The molecule has 0 spiro atoms. The van der Waals surface area contributed by atoms with Crippen molar-refractivity contribution in [1.82, 2.24) is 19.9 Å². The standard InChI is InChI=1S/C22H33N7O/c1-13(2)16-10-25-19(28-20(16)26-12-18(23)30)9-15-7-8-29(15)21-17(22(4,5)6)11-24-14(3)27-21/h10-11,13,15H,7-9,12H2,1-6H3,(H2,23,30)(H,25,26,28). The largest absolute Gasteiger partial charge is 0.368 e.